The van der Waals surface area contributed by atoms with Crippen LogP contribution in [0.2, 0.25) is 0 Å². The molecule has 0 amide bonds. The highest BCUT2D eigenvalue weighted by Gasteiger charge is 2.31. The van der Waals surface area contributed by atoms with Crippen LogP contribution in [-0.4, -0.2) is 35.5 Å². The lowest BCUT2D eigenvalue weighted by Crippen LogP contribution is -3.00. The molecule has 0 aromatic carbocycles. The molecule has 0 saturated carbocycles. The molecule has 2 rings (SSSR count). The van der Waals surface area contributed by atoms with Crippen molar-refractivity contribution >= 4 is 5.84 Å². The number of hydrazine groups is 1. The molecule has 62 valence electrons. The van der Waals surface area contributed by atoms with E-state index >= 15 is 0 Å². The van der Waals surface area contributed by atoms with Crippen LogP contribution in [0.3, 0.4) is 0 Å². The van der Waals surface area contributed by atoms with E-state index in [4.69, 9.17) is 0 Å². The molecular formula is C7H12ClN3. The van der Waals surface area contributed by atoms with E-state index in [0.29, 0.717) is 0 Å². The molecule has 0 unspecified atom stereocenters. The van der Waals surface area contributed by atoms with Gasteiger partial charge in [0.1, 0.15) is 13.1 Å². The Hall–Kier alpha value is -0.700. The van der Waals surface area contributed by atoms with Crippen molar-refractivity contribution in [2.45, 2.75) is 6.92 Å². The second-order valence-corrected chi connectivity index (χ2v) is 2.51. The molecule has 0 spiro atoms. The van der Waals surface area contributed by atoms with Crippen LogP contribution in [0.15, 0.2) is 12.3 Å². The Bertz CT molecular complexity index is 200. The standard InChI is InChI=1S/C7H11N3.ClH/c1-2-9-5-3-7-8-4-6-10(7)9;/h3,5H,2,4,6H2,1H3;1H. The van der Waals surface area contributed by atoms with Crippen molar-refractivity contribution in [2.24, 2.45) is 0 Å². The number of hydrogen-bond acceptors (Lipinski definition) is 2. The lowest BCUT2D eigenvalue weighted by atomic mass is 10.6. The van der Waals surface area contributed by atoms with E-state index in [9.17, 15) is 0 Å². The first kappa shape index (κ1) is 8.40. The summed E-state index contributed by atoms with van der Waals surface area (Å²) >= 11 is 0. The van der Waals surface area contributed by atoms with Gasteiger partial charge in [0.15, 0.2) is 0 Å². The third-order valence-corrected chi connectivity index (χ3v) is 1.95. The maximum Gasteiger partial charge on any atom is 0.295 e. The van der Waals surface area contributed by atoms with Gasteiger partial charge in [-0.25, -0.2) is 5.01 Å². The zero-order valence-electron chi connectivity index (χ0n) is 6.55. The maximum atomic E-state index is 3.30. The van der Waals surface area contributed by atoms with Crippen molar-refractivity contribution in [3.05, 3.63) is 12.3 Å². The third-order valence-electron chi connectivity index (χ3n) is 1.95. The number of halogens is 1. The fraction of sp³-hybridized carbons (Fsp3) is 0.571. The highest BCUT2D eigenvalue weighted by Crippen LogP contribution is 2.07. The fourth-order valence-corrected chi connectivity index (χ4v) is 1.43. The Kier molecular flexibility index (Phi) is 2.39. The quantitative estimate of drug-likeness (QED) is 0.432. The number of nitrogens with one attached hydrogen (secondary N) is 1. The lowest BCUT2D eigenvalue weighted by Gasteiger charge is -2.17. The van der Waals surface area contributed by atoms with E-state index in [1.807, 2.05) is 0 Å². The van der Waals surface area contributed by atoms with Crippen LogP contribution in [0, 0.1) is 0 Å². The van der Waals surface area contributed by atoms with E-state index in [-0.39, 0.29) is 12.4 Å². The Morgan fingerprint density at radius 2 is 2.45 bits per heavy atom. The van der Waals surface area contributed by atoms with Gasteiger partial charge in [-0.3, -0.25) is 4.99 Å². The van der Waals surface area contributed by atoms with Crippen LogP contribution in [-0.2, 0) is 0 Å². The molecule has 0 fully saturated rings. The molecule has 11 heavy (non-hydrogen) atoms. The van der Waals surface area contributed by atoms with Crippen molar-refractivity contribution in [1.29, 1.82) is 0 Å². The molecule has 4 heteroatoms. The molecule has 2 heterocycles. The number of hydrogen-bond donors (Lipinski definition) is 1. The molecule has 0 aromatic heterocycles. The molecule has 3 nitrogen and oxygen atoms in total. The predicted molar refractivity (Wildman–Crippen MR) is 39.1 cm³/mol. The molecule has 2 aliphatic rings. The number of nitrogens with zero attached hydrogens (tertiary/aromatic N) is 2. The molecule has 0 bridgehead atoms. The maximum absolute atomic E-state index is 3.30. The zero-order chi connectivity index (χ0) is 6.97. The number of amidine groups is 1. The highest BCUT2D eigenvalue weighted by atomic mass is 35.5. The Morgan fingerprint density at radius 1 is 1.64 bits per heavy atom. The second kappa shape index (κ2) is 3.13. The van der Waals surface area contributed by atoms with Gasteiger partial charge < -0.3 is 12.4 Å². The molecule has 0 saturated heterocycles. The largest absolute Gasteiger partial charge is 1.00 e. The first-order valence-corrected chi connectivity index (χ1v) is 3.75. The monoisotopic (exact) mass is 173 g/mol. The van der Waals surface area contributed by atoms with Gasteiger partial charge in [-0.05, 0) is 6.92 Å². The van der Waals surface area contributed by atoms with Crippen molar-refractivity contribution in [3.8, 4) is 0 Å². The number of fused-ring (bicyclic) bond motifs is 1. The molecule has 0 aliphatic carbocycles. The number of rotatable bonds is 1. The summed E-state index contributed by atoms with van der Waals surface area (Å²) in [6, 6.07) is 0. The van der Waals surface area contributed by atoms with Gasteiger partial charge in [-0.1, -0.05) is 0 Å². The van der Waals surface area contributed by atoms with Gasteiger partial charge in [-0.2, -0.15) is 5.01 Å². The zero-order valence-corrected chi connectivity index (χ0v) is 7.30. The lowest BCUT2D eigenvalue weighted by molar-refractivity contribution is -0.443. The van der Waals surface area contributed by atoms with Crippen LogP contribution < -0.4 is 17.4 Å². The van der Waals surface area contributed by atoms with Gasteiger partial charge in [0.2, 0.25) is 0 Å². The summed E-state index contributed by atoms with van der Waals surface area (Å²) in [6.07, 6.45) is 4.23. The van der Waals surface area contributed by atoms with Crippen molar-refractivity contribution in [1.82, 2.24) is 10.0 Å². The van der Waals surface area contributed by atoms with Crippen LogP contribution in [0.4, 0.5) is 0 Å². The van der Waals surface area contributed by atoms with Crippen LogP contribution in [0.1, 0.15) is 6.92 Å². The average Bonchev–Trinajstić information content (AvgIpc) is 2.44. The summed E-state index contributed by atoms with van der Waals surface area (Å²) in [7, 11) is 0. The van der Waals surface area contributed by atoms with Crippen molar-refractivity contribution in [3.63, 3.8) is 0 Å². The molecule has 0 atom stereocenters. The van der Waals surface area contributed by atoms with E-state index in [1.54, 1.807) is 0 Å². The predicted octanol–water partition coefficient (Wildman–Crippen LogP) is -4.45. The Balaban J connectivity index is 0.000000605. The molecule has 2 aliphatic heterocycles. The van der Waals surface area contributed by atoms with Crippen molar-refractivity contribution < 1.29 is 17.4 Å². The minimum atomic E-state index is 0. The Morgan fingerprint density at radius 3 is 3.18 bits per heavy atom. The SMILES string of the molecule is CCN1C=CC2=[NH+]CCN21.[Cl-]. The Labute approximate surface area is 72.8 Å². The molecular weight excluding hydrogens is 162 g/mol. The molecule has 0 radical (unpaired) electrons. The summed E-state index contributed by atoms with van der Waals surface area (Å²) in [6.45, 7) is 5.40. The first-order chi connectivity index (χ1) is 4.92. The van der Waals surface area contributed by atoms with Crippen LogP contribution in [0.25, 0.3) is 0 Å². The van der Waals surface area contributed by atoms with Gasteiger partial charge in [0.25, 0.3) is 5.84 Å². The van der Waals surface area contributed by atoms with Crippen LogP contribution >= 0.6 is 0 Å². The third kappa shape index (κ3) is 1.20. The van der Waals surface area contributed by atoms with E-state index < -0.39 is 0 Å². The summed E-state index contributed by atoms with van der Waals surface area (Å²) < 4.78 is 0. The van der Waals surface area contributed by atoms with Gasteiger partial charge >= 0.3 is 0 Å². The minimum absolute atomic E-state index is 0. The highest BCUT2D eigenvalue weighted by molar-refractivity contribution is 5.90. The van der Waals surface area contributed by atoms with Crippen LogP contribution in [0.5, 0.6) is 0 Å². The van der Waals surface area contributed by atoms with Gasteiger partial charge in [0.05, 0.1) is 6.54 Å². The topological polar surface area (TPSA) is 20.5 Å². The average molecular weight is 174 g/mol. The molecule has 1 N–H and O–H groups in total. The fourth-order valence-electron chi connectivity index (χ4n) is 1.43. The van der Waals surface area contributed by atoms with E-state index in [0.717, 1.165) is 19.6 Å². The van der Waals surface area contributed by atoms with E-state index in [2.05, 4.69) is 34.2 Å². The second-order valence-electron chi connectivity index (χ2n) is 2.51. The first-order valence-electron chi connectivity index (χ1n) is 3.75. The normalized spacial score (nSPS) is 19.9. The van der Waals surface area contributed by atoms with E-state index in [1.165, 1.54) is 5.84 Å². The minimum Gasteiger partial charge on any atom is -1.00 e. The molecule has 0 aromatic rings. The van der Waals surface area contributed by atoms with Crippen molar-refractivity contribution in [2.75, 3.05) is 19.6 Å². The summed E-state index contributed by atoms with van der Waals surface area (Å²) in [5, 5.41) is 4.48. The smallest absolute Gasteiger partial charge is 0.295 e. The summed E-state index contributed by atoms with van der Waals surface area (Å²) in [4.78, 5) is 3.30. The van der Waals surface area contributed by atoms with Gasteiger partial charge in [0, 0.05) is 12.3 Å². The summed E-state index contributed by atoms with van der Waals surface area (Å²) in [5.74, 6) is 1.25. The van der Waals surface area contributed by atoms with Gasteiger partial charge in [-0.15, -0.1) is 0 Å². The summed E-state index contributed by atoms with van der Waals surface area (Å²) in [5.41, 5.74) is 0.